The van der Waals surface area contributed by atoms with Gasteiger partial charge in [0.15, 0.2) is 16.7 Å². The van der Waals surface area contributed by atoms with E-state index < -0.39 is 6.04 Å². The monoisotopic (exact) mass is 494 g/mol. The molecule has 2 aliphatic rings. The summed E-state index contributed by atoms with van der Waals surface area (Å²) in [5.74, 6) is 2.02. The van der Waals surface area contributed by atoms with Crippen LogP contribution in [0.15, 0.2) is 52.4 Å². The number of hydrogen-bond donors (Lipinski definition) is 1. The molecule has 0 aliphatic carbocycles. The van der Waals surface area contributed by atoms with Crippen LogP contribution < -0.4 is 14.8 Å². The van der Waals surface area contributed by atoms with Crippen LogP contribution in [0.4, 0.5) is 5.69 Å². The van der Waals surface area contributed by atoms with Crippen molar-refractivity contribution < 1.29 is 19.1 Å². The lowest BCUT2D eigenvalue weighted by atomic mass is 10.00. The number of rotatable bonds is 9. The SMILES string of the molecule is CC[C@@H](C)[C@@H]1N=C2c3ccccc3N=C(SCC(=O)NCCc3ccc(OC)c(OC)c3)N2C1=O. The van der Waals surface area contributed by atoms with Gasteiger partial charge in [0.05, 0.1) is 25.7 Å². The van der Waals surface area contributed by atoms with Gasteiger partial charge in [0.2, 0.25) is 5.91 Å². The summed E-state index contributed by atoms with van der Waals surface area (Å²) in [4.78, 5) is 36.8. The quantitative estimate of drug-likeness (QED) is 0.572. The maximum Gasteiger partial charge on any atom is 0.259 e. The van der Waals surface area contributed by atoms with Crippen molar-refractivity contribution in [2.75, 3.05) is 26.5 Å². The van der Waals surface area contributed by atoms with Crippen LogP contribution in [-0.4, -0.2) is 60.3 Å². The van der Waals surface area contributed by atoms with Crippen LogP contribution in [0.1, 0.15) is 31.4 Å². The van der Waals surface area contributed by atoms with Crippen LogP contribution in [0.2, 0.25) is 0 Å². The largest absolute Gasteiger partial charge is 0.493 e. The lowest BCUT2D eigenvalue weighted by Crippen LogP contribution is -2.42. The second-order valence-corrected chi connectivity index (χ2v) is 9.39. The van der Waals surface area contributed by atoms with Crippen LogP contribution in [0.25, 0.3) is 0 Å². The third kappa shape index (κ3) is 5.19. The minimum Gasteiger partial charge on any atom is -0.493 e. The van der Waals surface area contributed by atoms with E-state index in [9.17, 15) is 9.59 Å². The molecule has 2 atom stereocenters. The summed E-state index contributed by atoms with van der Waals surface area (Å²) in [6.07, 6.45) is 1.51. The Bertz CT molecular complexity index is 1180. The van der Waals surface area contributed by atoms with Crippen LogP contribution in [0.5, 0.6) is 11.5 Å². The third-order valence-electron chi connectivity index (χ3n) is 6.20. The number of methoxy groups -OCH3 is 2. The van der Waals surface area contributed by atoms with E-state index >= 15 is 0 Å². The summed E-state index contributed by atoms with van der Waals surface area (Å²) in [5, 5.41) is 3.44. The van der Waals surface area contributed by atoms with Crippen molar-refractivity contribution in [1.82, 2.24) is 10.2 Å². The zero-order valence-electron chi connectivity index (χ0n) is 20.4. The number of thioether (sulfide) groups is 1. The van der Waals surface area contributed by atoms with Crippen molar-refractivity contribution in [3.8, 4) is 11.5 Å². The molecule has 1 N–H and O–H groups in total. The first kappa shape index (κ1) is 24.8. The van der Waals surface area contributed by atoms with Crippen molar-refractivity contribution in [2.45, 2.75) is 32.7 Å². The average Bonchev–Trinajstić information content (AvgIpc) is 3.24. The Labute approximate surface area is 209 Å². The van der Waals surface area contributed by atoms with Crippen molar-refractivity contribution >= 4 is 40.3 Å². The number of benzene rings is 2. The topological polar surface area (TPSA) is 92.6 Å². The Balaban J connectivity index is 1.39. The van der Waals surface area contributed by atoms with Gasteiger partial charge in [-0.1, -0.05) is 50.2 Å². The first-order valence-corrected chi connectivity index (χ1v) is 12.7. The minimum absolute atomic E-state index is 0.0797. The number of amidine groups is 2. The molecule has 2 aromatic carbocycles. The van der Waals surface area contributed by atoms with E-state index in [0.717, 1.165) is 23.2 Å². The molecule has 0 unspecified atom stereocenters. The molecule has 35 heavy (non-hydrogen) atoms. The number of ether oxygens (including phenoxy) is 2. The predicted molar refractivity (Wildman–Crippen MR) is 139 cm³/mol. The molecular formula is C26H30N4O4S. The van der Waals surface area contributed by atoms with Crippen LogP contribution in [0.3, 0.4) is 0 Å². The van der Waals surface area contributed by atoms with Crippen molar-refractivity contribution in [3.05, 3.63) is 53.6 Å². The first-order valence-electron chi connectivity index (χ1n) is 11.7. The fraction of sp³-hybridized carbons (Fsp3) is 0.385. The number of aliphatic imine (C=N–C) groups is 2. The van der Waals surface area contributed by atoms with Gasteiger partial charge in [-0.05, 0) is 42.2 Å². The molecule has 0 saturated carbocycles. The number of hydrogen-bond acceptors (Lipinski definition) is 7. The van der Waals surface area contributed by atoms with Gasteiger partial charge in [0.25, 0.3) is 5.91 Å². The number of nitrogens with one attached hydrogen (secondary N) is 1. The molecule has 0 bridgehead atoms. The number of fused-ring (bicyclic) bond motifs is 3. The Morgan fingerprint density at radius 1 is 1.17 bits per heavy atom. The number of nitrogens with zero attached hydrogens (tertiary/aromatic N) is 3. The highest BCUT2D eigenvalue weighted by Gasteiger charge is 2.43. The summed E-state index contributed by atoms with van der Waals surface area (Å²) < 4.78 is 10.6. The summed E-state index contributed by atoms with van der Waals surface area (Å²) >= 11 is 1.25. The Hall–Kier alpha value is -3.33. The smallest absolute Gasteiger partial charge is 0.259 e. The van der Waals surface area contributed by atoms with Crippen LogP contribution in [0, 0.1) is 5.92 Å². The van der Waals surface area contributed by atoms with Crippen molar-refractivity contribution in [2.24, 2.45) is 15.9 Å². The Morgan fingerprint density at radius 2 is 1.94 bits per heavy atom. The molecule has 2 aliphatic heterocycles. The standard InChI is InChI=1S/C26H30N4O4S/c1-5-16(2)23-25(32)30-24(29-23)18-8-6-7-9-19(18)28-26(30)35-15-22(31)27-13-12-17-10-11-20(33-3)21(14-17)34-4/h6-11,14,16,23H,5,12-13,15H2,1-4H3,(H,27,31)/t16-,23+/m1/s1. The van der Waals surface area contributed by atoms with E-state index in [2.05, 4.69) is 12.2 Å². The molecule has 4 rings (SSSR count). The predicted octanol–water partition coefficient (Wildman–Crippen LogP) is 3.80. The molecule has 2 amide bonds. The molecule has 0 radical (unpaired) electrons. The molecule has 8 nitrogen and oxygen atoms in total. The van der Waals surface area contributed by atoms with E-state index in [4.69, 9.17) is 19.5 Å². The fourth-order valence-corrected chi connectivity index (χ4v) is 4.85. The van der Waals surface area contributed by atoms with Gasteiger partial charge in [-0.3, -0.25) is 14.6 Å². The van der Waals surface area contributed by atoms with Gasteiger partial charge in [-0.15, -0.1) is 0 Å². The van der Waals surface area contributed by atoms with Gasteiger partial charge in [0.1, 0.15) is 11.9 Å². The Morgan fingerprint density at radius 3 is 2.69 bits per heavy atom. The highest BCUT2D eigenvalue weighted by molar-refractivity contribution is 8.14. The molecule has 2 heterocycles. The van der Waals surface area contributed by atoms with Crippen molar-refractivity contribution in [1.29, 1.82) is 0 Å². The normalized spacial score (nSPS) is 17.2. The molecule has 184 valence electrons. The lowest BCUT2D eigenvalue weighted by Gasteiger charge is -2.25. The van der Waals surface area contributed by atoms with E-state index in [0.29, 0.717) is 35.5 Å². The fourth-order valence-electron chi connectivity index (χ4n) is 4.02. The summed E-state index contributed by atoms with van der Waals surface area (Å²) in [6.45, 7) is 4.57. The van der Waals surface area contributed by atoms with E-state index in [1.54, 1.807) is 19.1 Å². The molecule has 0 spiro atoms. The zero-order valence-corrected chi connectivity index (χ0v) is 21.2. The highest BCUT2D eigenvalue weighted by atomic mass is 32.2. The van der Waals surface area contributed by atoms with Crippen LogP contribution in [-0.2, 0) is 16.0 Å². The molecular weight excluding hydrogens is 464 g/mol. The second-order valence-electron chi connectivity index (χ2n) is 8.45. The first-order chi connectivity index (χ1) is 17.0. The van der Waals surface area contributed by atoms with Gasteiger partial charge >= 0.3 is 0 Å². The summed E-state index contributed by atoms with van der Waals surface area (Å²) in [5.41, 5.74) is 2.63. The molecule has 2 aromatic rings. The van der Waals surface area contributed by atoms with Gasteiger partial charge in [0, 0.05) is 12.1 Å². The number of amides is 2. The zero-order chi connectivity index (χ0) is 24.9. The van der Waals surface area contributed by atoms with E-state index in [-0.39, 0.29) is 23.5 Å². The third-order valence-corrected chi connectivity index (χ3v) is 7.14. The number of carbonyl (C=O) groups is 2. The molecule has 0 fully saturated rings. The van der Waals surface area contributed by atoms with Gasteiger partial charge < -0.3 is 14.8 Å². The lowest BCUT2D eigenvalue weighted by molar-refractivity contribution is -0.125. The summed E-state index contributed by atoms with van der Waals surface area (Å²) in [6, 6.07) is 12.9. The van der Waals surface area contributed by atoms with E-state index in [1.165, 1.54) is 11.8 Å². The van der Waals surface area contributed by atoms with E-state index in [1.807, 2.05) is 49.4 Å². The summed E-state index contributed by atoms with van der Waals surface area (Å²) in [7, 11) is 3.19. The Kier molecular flexibility index (Phi) is 7.75. The molecule has 9 heteroatoms. The van der Waals surface area contributed by atoms with Gasteiger partial charge in [-0.25, -0.2) is 9.89 Å². The van der Waals surface area contributed by atoms with Gasteiger partial charge in [-0.2, -0.15) is 0 Å². The number of para-hydroxylation sites is 1. The molecule has 0 aromatic heterocycles. The van der Waals surface area contributed by atoms with Crippen LogP contribution >= 0.6 is 11.8 Å². The van der Waals surface area contributed by atoms with Crippen molar-refractivity contribution in [3.63, 3.8) is 0 Å². The minimum atomic E-state index is -0.428. The maximum atomic E-state index is 13.2. The molecule has 0 saturated heterocycles. The second kappa shape index (κ2) is 10.9. The highest BCUT2D eigenvalue weighted by Crippen LogP contribution is 2.35. The number of carbonyl (C=O) groups excluding carboxylic acids is 2. The average molecular weight is 495 g/mol. The maximum absolute atomic E-state index is 13.2.